The summed E-state index contributed by atoms with van der Waals surface area (Å²) in [4.78, 5) is 26.3. The predicted molar refractivity (Wildman–Crippen MR) is 73.7 cm³/mol. The number of fused-ring (bicyclic) bond motifs is 1. The maximum atomic E-state index is 12.5. The van der Waals surface area contributed by atoms with E-state index in [1.54, 1.807) is 0 Å². The number of imide groups is 1. The fourth-order valence-corrected chi connectivity index (χ4v) is 3.34. The van der Waals surface area contributed by atoms with Gasteiger partial charge in [0.15, 0.2) is 0 Å². The molecule has 0 unspecified atom stereocenters. The van der Waals surface area contributed by atoms with Crippen LogP contribution in [-0.4, -0.2) is 11.8 Å². The third kappa shape index (κ3) is 1.97. The summed E-state index contributed by atoms with van der Waals surface area (Å²) in [5.41, 5.74) is 1.86. The molecule has 0 bridgehead atoms. The van der Waals surface area contributed by atoms with Crippen LogP contribution in [0.25, 0.3) is 0 Å². The van der Waals surface area contributed by atoms with Gasteiger partial charge in [0.1, 0.15) is 0 Å². The van der Waals surface area contributed by atoms with Crippen LogP contribution in [0, 0.1) is 24.7 Å². The van der Waals surface area contributed by atoms with Crippen LogP contribution in [0.4, 0.5) is 5.69 Å². The number of anilines is 1. The van der Waals surface area contributed by atoms with Gasteiger partial charge in [-0.3, -0.25) is 14.5 Å². The van der Waals surface area contributed by atoms with Crippen molar-refractivity contribution in [1.82, 2.24) is 0 Å². The second kappa shape index (κ2) is 4.48. The molecule has 1 saturated heterocycles. The molecule has 0 radical (unpaired) electrons. The monoisotopic (exact) mass is 257 g/mol. The van der Waals surface area contributed by atoms with Gasteiger partial charge in [-0.1, -0.05) is 24.6 Å². The SMILES string of the molecule is Cc1ccc(N2C(=O)[C@H]3C[C@@H](C)CC[C@H]3C2=O)cc1. The number of benzene rings is 1. The minimum Gasteiger partial charge on any atom is -0.274 e. The van der Waals surface area contributed by atoms with Gasteiger partial charge in [0.25, 0.3) is 0 Å². The van der Waals surface area contributed by atoms with E-state index in [0.29, 0.717) is 5.92 Å². The Morgan fingerprint density at radius 3 is 2.32 bits per heavy atom. The molecule has 19 heavy (non-hydrogen) atoms. The van der Waals surface area contributed by atoms with Crippen LogP contribution in [0.15, 0.2) is 24.3 Å². The molecule has 1 aromatic carbocycles. The van der Waals surface area contributed by atoms with Gasteiger partial charge < -0.3 is 0 Å². The average Bonchev–Trinajstić information content (AvgIpc) is 2.63. The number of hydrogen-bond donors (Lipinski definition) is 0. The first kappa shape index (κ1) is 12.4. The Balaban J connectivity index is 1.93. The first-order chi connectivity index (χ1) is 9.08. The van der Waals surface area contributed by atoms with E-state index in [1.807, 2.05) is 31.2 Å². The quantitative estimate of drug-likeness (QED) is 0.725. The van der Waals surface area contributed by atoms with Crippen LogP contribution in [-0.2, 0) is 9.59 Å². The Morgan fingerprint density at radius 2 is 1.63 bits per heavy atom. The summed E-state index contributed by atoms with van der Waals surface area (Å²) in [5, 5.41) is 0. The van der Waals surface area contributed by atoms with Gasteiger partial charge in [0, 0.05) is 0 Å². The van der Waals surface area contributed by atoms with E-state index in [2.05, 4.69) is 6.92 Å². The van der Waals surface area contributed by atoms with Gasteiger partial charge in [-0.15, -0.1) is 0 Å². The van der Waals surface area contributed by atoms with E-state index < -0.39 is 0 Å². The van der Waals surface area contributed by atoms with Gasteiger partial charge in [-0.2, -0.15) is 0 Å². The smallest absolute Gasteiger partial charge is 0.237 e. The molecular weight excluding hydrogens is 238 g/mol. The third-order valence-electron chi connectivity index (χ3n) is 4.48. The molecule has 2 fully saturated rings. The van der Waals surface area contributed by atoms with E-state index in [1.165, 1.54) is 4.90 Å². The summed E-state index contributed by atoms with van der Waals surface area (Å²) >= 11 is 0. The van der Waals surface area contributed by atoms with Crippen molar-refractivity contribution in [3.63, 3.8) is 0 Å². The van der Waals surface area contributed by atoms with E-state index in [9.17, 15) is 9.59 Å². The summed E-state index contributed by atoms with van der Waals surface area (Å²) in [7, 11) is 0. The Bertz CT molecular complexity index is 520. The van der Waals surface area contributed by atoms with Crippen molar-refractivity contribution in [1.29, 1.82) is 0 Å². The molecule has 2 amide bonds. The number of nitrogens with zero attached hydrogens (tertiary/aromatic N) is 1. The number of aryl methyl sites for hydroxylation is 1. The molecule has 2 aliphatic rings. The van der Waals surface area contributed by atoms with Crippen molar-refractivity contribution in [2.24, 2.45) is 17.8 Å². The summed E-state index contributed by atoms with van der Waals surface area (Å²) in [6.07, 6.45) is 2.78. The van der Waals surface area contributed by atoms with Gasteiger partial charge >= 0.3 is 0 Å². The Kier molecular flexibility index (Phi) is 2.92. The molecule has 3 nitrogen and oxygen atoms in total. The Morgan fingerprint density at radius 1 is 1.00 bits per heavy atom. The van der Waals surface area contributed by atoms with Crippen molar-refractivity contribution < 1.29 is 9.59 Å². The highest BCUT2D eigenvalue weighted by Crippen LogP contribution is 2.42. The van der Waals surface area contributed by atoms with Crippen LogP contribution in [0.5, 0.6) is 0 Å². The maximum absolute atomic E-state index is 12.5. The zero-order chi connectivity index (χ0) is 13.6. The van der Waals surface area contributed by atoms with Crippen molar-refractivity contribution in [3.05, 3.63) is 29.8 Å². The molecule has 1 aliphatic heterocycles. The third-order valence-corrected chi connectivity index (χ3v) is 4.48. The molecule has 3 rings (SSSR count). The lowest BCUT2D eigenvalue weighted by Gasteiger charge is -2.25. The first-order valence-electron chi connectivity index (χ1n) is 7.02. The number of hydrogen-bond acceptors (Lipinski definition) is 2. The van der Waals surface area contributed by atoms with E-state index >= 15 is 0 Å². The summed E-state index contributed by atoms with van der Waals surface area (Å²) < 4.78 is 0. The highest BCUT2D eigenvalue weighted by atomic mass is 16.2. The highest BCUT2D eigenvalue weighted by Gasteiger charge is 2.49. The second-order valence-corrected chi connectivity index (χ2v) is 5.98. The minimum atomic E-state index is -0.0856. The topological polar surface area (TPSA) is 37.4 Å². The summed E-state index contributed by atoms with van der Waals surface area (Å²) in [6.45, 7) is 4.17. The molecule has 100 valence electrons. The lowest BCUT2D eigenvalue weighted by atomic mass is 9.76. The van der Waals surface area contributed by atoms with Crippen molar-refractivity contribution >= 4 is 17.5 Å². The Hall–Kier alpha value is -1.64. The van der Waals surface area contributed by atoms with Gasteiger partial charge in [-0.05, 0) is 44.2 Å². The fraction of sp³-hybridized carbons (Fsp3) is 0.500. The van der Waals surface area contributed by atoms with Crippen molar-refractivity contribution in [2.45, 2.75) is 33.1 Å². The zero-order valence-corrected chi connectivity index (χ0v) is 11.4. The van der Waals surface area contributed by atoms with Crippen LogP contribution in [0.2, 0.25) is 0 Å². The zero-order valence-electron chi connectivity index (χ0n) is 11.4. The molecule has 1 aromatic rings. The maximum Gasteiger partial charge on any atom is 0.237 e. The molecule has 1 heterocycles. The van der Waals surface area contributed by atoms with E-state index in [4.69, 9.17) is 0 Å². The molecule has 1 saturated carbocycles. The standard InChI is InChI=1S/C16H19NO2/c1-10-3-6-12(7-4-10)17-15(18)13-8-5-11(2)9-14(13)16(17)19/h3-4,6-7,11,13-14H,5,8-9H2,1-2H3/t11-,13+,14-/m0/s1. The number of rotatable bonds is 1. The van der Waals surface area contributed by atoms with Gasteiger partial charge in [-0.25, -0.2) is 0 Å². The average molecular weight is 257 g/mol. The minimum absolute atomic E-state index is 0.00500. The van der Waals surface area contributed by atoms with Crippen LogP contribution < -0.4 is 4.90 Å². The van der Waals surface area contributed by atoms with Gasteiger partial charge in [0.2, 0.25) is 11.8 Å². The van der Waals surface area contributed by atoms with Crippen molar-refractivity contribution in [3.8, 4) is 0 Å². The number of amides is 2. The molecule has 0 spiro atoms. The summed E-state index contributed by atoms with van der Waals surface area (Å²) in [6, 6.07) is 7.62. The van der Waals surface area contributed by atoms with Crippen molar-refractivity contribution in [2.75, 3.05) is 4.90 Å². The molecule has 0 N–H and O–H groups in total. The molecule has 3 atom stereocenters. The molecular formula is C16H19NO2. The molecule has 3 heteroatoms. The second-order valence-electron chi connectivity index (χ2n) is 5.98. The van der Waals surface area contributed by atoms with Crippen LogP contribution in [0.3, 0.4) is 0 Å². The van der Waals surface area contributed by atoms with E-state index in [0.717, 1.165) is 30.5 Å². The summed E-state index contributed by atoms with van der Waals surface area (Å²) in [5.74, 6) is 0.398. The lowest BCUT2D eigenvalue weighted by molar-refractivity contribution is -0.122. The van der Waals surface area contributed by atoms with Crippen LogP contribution >= 0.6 is 0 Å². The van der Waals surface area contributed by atoms with Gasteiger partial charge in [0.05, 0.1) is 17.5 Å². The molecule has 1 aliphatic carbocycles. The fourth-order valence-electron chi connectivity index (χ4n) is 3.34. The lowest BCUT2D eigenvalue weighted by Crippen LogP contribution is -2.30. The van der Waals surface area contributed by atoms with Crippen LogP contribution in [0.1, 0.15) is 31.7 Å². The first-order valence-corrected chi connectivity index (χ1v) is 7.02. The Labute approximate surface area is 113 Å². The largest absolute Gasteiger partial charge is 0.274 e. The predicted octanol–water partition coefficient (Wildman–Crippen LogP) is 2.92. The molecule has 0 aromatic heterocycles. The number of carbonyl (C=O) groups excluding carboxylic acids is 2. The highest BCUT2D eigenvalue weighted by molar-refractivity contribution is 6.22. The normalized spacial score (nSPS) is 30.6. The number of carbonyl (C=O) groups is 2. The van der Waals surface area contributed by atoms with E-state index in [-0.39, 0.29) is 23.7 Å².